The molecule has 3 aliphatic rings. The number of rotatable bonds is 2. The minimum Gasteiger partial charge on any atom is -0.372 e. The summed E-state index contributed by atoms with van der Waals surface area (Å²) in [5.41, 5.74) is 2.26. The van der Waals surface area contributed by atoms with E-state index in [-0.39, 0.29) is 18.2 Å². The van der Waals surface area contributed by atoms with Gasteiger partial charge in [0.1, 0.15) is 0 Å². The van der Waals surface area contributed by atoms with Gasteiger partial charge in [-0.15, -0.1) is 0 Å². The van der Waals surface area contributed by atoms with Crippen molar-refractivity contribution in [1.82, 2.24) is 5.32 Å². The highest BCUT2D eigenvalue weighted by Crippen LogP contribution is 2.49. The van der Waals surface area contributed by atoms with Crippen molar-refractivity contribution in [2.75, 3.05) is 16.3 Å². The van der Waals surface area contributed by atoms with Crippen molar-refractivity contribution in [2.45, 2.75) is 59.3 Å². The van der Waals surface area contributed by atoms with E-state index in [2.05, 4.69) is 5.32 Å². The van der Waals surface area contributed by atoms with Gasteiger partial charge in [0.05, 0.1) is 28.9 Å². The third-order valence-corrected chi connectivity index (χ3v) is 7.51. The zero-order chi connectivity index (χ0) is 26.1. The molecule has 0 unspecified atom stereocenters. The molecule has 0 saturated carbocycles. The lowest BCUT2D eigenvalue weighted by molar-refractivity contribution is -0.384. The Kier molecular flexibility index (Phi) is 5.40. The molecule has 2 aromatic carbocycles. The number of fused-ring (bicyclic) bond motifs is 4. The van der Waals surface area contributed by atoms with Crippen LogP contribution < -0.4 is 15.1 Å². The molecule has 10 heteroatoms. The van der Waals surface area contributed by atoms with Gasteiger partial charge in [0.2, 0.25) is 5.91 Å². The Balaban J connectivity index is 1.73. The fourth-order valence-corrected chi connectivity index (χ4v) is 6.35. The summed E-state index contributed by atoms with van der Waals surface area (Å²) in [5, 5.41) is 14.0. The van der Waals surface area contributed by atoms with E-state index < -0.39 is 40.3 Å². The summed E-state index contributed by atoms with van der Waals surface area (Å²) in [6.45, 7) is 9.67. The van der Waals surface area contributed by atoms with E-state index in [0.29, 0.717) is 17.8 Å². The summed E-state index contributed by atoms with van der Waals surface area (Å²) in [5.74, 6) is -1.36. The van der Waals surface area contributed by atoms with Gasteiger partial charge in [0.15, 0.2) is 5.41 Å². The van der Waals surface area contributed by atoms with Crippen LogP contribution in [0, 0.1) is 36.3 Å². The van der Waals surface area contributed by atoms with Gasteiger partial charge in [-0.1, -0.05) is 17.7 Å². The molecular formula is C26H28N4O6. The highest BCUT2D eigenvalue weighted by molar-refractivity contribution is 6.31. The van der Waals surface area contributed by atoms with Crippen molar-refractivity contribution in [3.8, 4) is 0 Å². The molecular weight excluding hydrogens is 464 g/mol. The van der Waals surface area contributed by atoms with E-state index in [4.69, 9.17) is 4.74 Å². The Morgan fingerprint density at radius 1 is 1.08 bits per heavy atom. The summed E-state index contributed by atoms with van der Waals surface area (Å²) in [6, 6.07) is 6.76. The number of nitro groups is 1. The first-order chi connectivity index (χ1) is 17.0. The number of carbonyl (C=O) groups is 3. The highest BCUT2D eigenvalue weighted by atomic mass is 16.6. The zero-order valence-corrected chi connectivity index (χ0v) is 20.8. The number of hydrogen-bond acceptors (Lipinski definition) is 7. The molecule has 2 saturated heterocycles. The molecule has 3 aliphatic heterocycles. The fraction of sp³-hybridized carbons (Fsp3) is 0.423. The molecule has 5 rings (SSSR count). The number of amides is 4. The number of nitro benzene ring substituents is 1. The third kappa shape index (κ3) is 3.31. The number of carbonyl (C=O) groups excluding carboxylic acids is 3. The van der Waals surface area contributed by atoms with Crippen LogP contribution in [0.15, 0.2) is 30.3 Å². The summed E-state index contributed by atoms with van der Waals surface area (Å²) in [4.78, 5) is 55.4. The van der Waals surface area contributed by atoms with Crippen LogP contribution in [0.25, 0.3) is 0 Å². The monoisotopic (exact) mass is 492 g/mol. The first-order valence-electron chi connectivity index (χ1n) is 11.9. The van der Waals surface area contributed by atoms with Crippen LogP contribution in [0.2, 0.25) is 0 Å². The van der Waals surface area contributed by atoms with Crippen molar-refractivity contribution in [3.05, 3.63) is 62.7 Å². The molecule has 10 nitrogen and oxygen atoms in total. The molecule has 1 spiro atoms. The van der Waals surface area contributed by atoms with Crippen LogP contribution in [0.5, 0.6) is 0 Å². The van der Waals surface area contributed by atoms with Crippen LogP contribution in [0.3, 0.4) is 0 Å². The molecule has 1 N–H and O–H groups in total. The minimum atomic E-state index is -1.72. The molecule has 2 fully saturated rings. The number of nitrogens with zero attached hydrogens (tertiary/aromatic N) is 3. The van der Waals surface area contributed by atoms with Crippen molar-refractivity contribution in [1.29, 1.82) is 0 Å². The number of benzene rings is 2. The lowest BCUT2D eigenvalue weighted by Crippen LogP contribution is -2.76. The molecule has 4 amide bonds. The number of morpholine rings is 1. The predicted octanol–water partition coefficient (Wildman–Crippen LogP) is 3.33. The Morgan fingerprint density at radius 2 is 1.75 bits per heavy atom. The first kappa shape index (κ1) is 23.9. The summed E-state index contributed by atoms with van der Waals surface area (Å²) >= 11 is 0. The number of urea groups is 1. The molecule has 0 bridgehead atoms. The van der Waals surface area contributed by atoms with E-state index in [0.717, 1.165) is 27.3 Å². The molecule has 3 heterocycles. The summed E-state index contributed by atoms with van der Waals surface area (Å²) in [7, 11) is 0. The van der Waals surface area contributed by atoms with Crippen molar-refractivity contribution < 1.29 is 24.0 Å². The summed E-state index contributed by atoms with van der Waals surface area (Å²) < 4.78 is 6.10. The SMILES string of the molecule is Cc1cc(C)c(N2C(=O)NC(=O)[C@]3(Cc4cc([N+](=O)[O-])ccc4N4C[C@H](C)O[C@H](C)[C@H]43)C2=O)c(C)c1. The normalized spacial score (nSPS) is 27.6. The Hall–Kier alpha value is -3.79. The van der Waals surface area contributed by atoms with Crippen LogP contribution in [0.4, 0.5) is 21.9 Å². The van der Waals surface area contributed by atoms with Crippen LogP contribution >= 0.6 is 0 Å². The summed E-state index contributed by atoms with van der Waals surface area (Å²) in [6.07, 6.45) is -0.816. The van der Waals surface area contributed by atoms with Gasteiger partial charge in [0, 0.05) is 30.8 Å². The van der Waals surface area contributed by atoms with Crippen molar-refractivity contribution >= 4 is 34.9 Å². The van der Waals surface area contributed by atoms with Crippen molar-refractivity contribution in [3.63, 3.8) is 0 Å². The van der Waals surface area contributed by atoms with Crippen LogP contribution in [-0.2, 0) is 20.7 Å². The van der Waals surface area contributed by atoms with Crippen LogP contribution in [0.1, 0.15) is 36.1 Å². The number of non-ortho nitro benzene ring substituents is 1. The lowest BCUT2D eigenvalue weighted by Gasteiger charge is -2.56. The number of imide groups is 2. The van der Waals surface area contributed by atoms with Gasteiger partial charge in [-0.05, 0) is 57.4 Å². The van der Waals surface area contributed by atoms with Gasteiger partial charge in [-0.25, -0.2) is 9.69 Å². The second-order valence-electron chi connectivity index (χ2n) is 10.1. The van der Waals surface area contributed by atoms with Gasteiger partial charge in [-0.3, -0.25) is 25.0 Å². The molecule has 188 valence electrons. The third-order valence-electron chi connectivity index (χ3n) is 7.51. The standard InChI is InChI=1S/C26H28N4O6/c1-13-8-14(2)21(15(3)9-13)29-24(32)26(23(31)27-25(29)33)11-18-10-19(30(34)35)6-7-20(18)28-12-16(4)36-17(5)22(26)28/h6-10,16-17,22H,11-12H2,1-5H3,(H,27,31,33)/t16-,17+,22-,26+/m0/s1. The van der Waals surface area contributed by atoms with E-state index in [1.807, 2.05) is 51.7 Å². The average Bonchev–Trinajstić information content (AvgIpc) is 2.78. The maximum atomic E-state index is 14.5. The second-order valence-corrected chi connectivity index (χ2v) is 10.1. The maximum absolute atomic E-state index is 14.5. The molecule has 36 heavy (non-hydrogen) atoms. The average molecular weight is 493 g/mol. The molecule has 0 aromatic heterocycles. The number of barbiturate groups is 1. The van der Waals surface area contributed by atoms with E-state index >= 15 is 0 Å². The highest BCUT2D eigenvalue weighted by Gasteiger charge is 2.65. The Morgan fingerprint density at radius 3 is 2.39 bits per heavy atom. The number of hydrogen-bond donors (Lipinski definition) is 1. The lowest BCUT2D eigenvalue weighted by atomic mass is 9.66. The zero-order valence-electron chi connectivity index (χ0n) is 20.8. The second kappa shape index (κ2) is 8.12. The van der Waals surface area contributed by atoms with Gasteiger partial charge < -0.3 is 9.64 Å². The maximum Gasteiger partial charge on any atom is 0.335 e. The topological polar surface area (TPSA) is 122 Å². The van der Waals surface area contributed by atoms with E-state index in [9.17, 15) is 24.5 Å². The quantitative estimate of drug-likeness (QED) is 0.388. The minimum absolute atomic E-state index is 0.0916. The smallest absolute Gasteiger partial charge is 0.335 e. The largest absolute Gasteiger partial charge is 0.372 e. The fourth-order valence-electron chi connectivity index (χ4n) is 6.35. The number of nitrogens with one attached hydrogen (secondary N) is 1. The van der Waals surface area contributed by atoms with Crippen molar-refractivity contribution in [2.24, 2.45) is 5.41 Å². The number of aryl methyl sites for hydroxylation is 3. The Labute approximate surface area is 208 Å². The van der Waals surface area contributed by atoms with E-state index in [1.165, 1.54) is 12.1 Å². The number of anilines is 2. The number of ether oxygens (including phenoxy) is 1. The molecule has 0 radical (unpaired) electrons. The van der Waals surface area contributed by atoms with Gasteiger partial charge >= 0.3 is 6.03 Å². The molecule has 4 atom stereocenters. The molecule has 0 aliphatic carbocycles. The van der Waals surface area contributed by atoms with E-state index in [1.54, 1.807) is 6.07 Å². The molecule has 2 aromatic rings. The predicted molar refractivity (Wildman–Crippen MR) is 132 cm³/mol. The van der Waals surface area contributed by atoms with Gasteiger partial charge in [-0.2, -0.15) is 0 Å². The Bertz CT molecular complexity index is 1320. The van der Waals surface area contributed by atoms with Gasteiger partial charge in [0.25, 0.3) is 11.6 Å². The van der Waals surface area contributed by atoms with Crippen LogP contribution in [-0.4, -0.2) is 47.6 Å². The first-order valence-corrected chi connectivity index (χ1v) is 11.9.